The van der Waals surface area contributed by atoms with E-state index in [9.17, 15) is 4.79 Å². The predicted octanol–water partition coefficient (Wildman–Crippen LogP) is 3.66. The van der Waals surface area contributed by atoms with Gasteiger partial charge in [-0.1, -0.05) is 49.4 Å². The Morgan fingerprint density at radius 3 is 2.50 bits per heavy atom. The lowest BCUT2D eigenvalue weighted by molar-refractivity contribution is 0.0683. The molecule has 102 valence electrons. The minimum absolute atomic E-state index is 0.0847. The molecular weight excluding hydrogens is 248 g/mol. The first kappa shape index (κ1) is 12.7. The molecule has 2 aromatic rings. The topological polar surface area (TPSA) is 32.3 Å². The number of benzene rings is 2. The average molecular weight is 266 g/mol. The zero-order chi connectivity index (χ0) is 13.9. The standard InChI is InChI=1S/C17H18N2O/c1-2-12-19-16(13-8-4-3-5-9-13)18-15-11-7-6-10-14(15)17(19)20/h3-11,16,18H,2,12H2,1H3/t16-/m0/s1. The summed E-state index contributed by atoms with van der Waals surface area (Å²) in [6.45, 7) is 2.84. The summed E-state index contributed by atoms with van der Waals surface area (Å²) in [7, 11) is 0. The molecule has 0 saturated heterocycles. The van der Waals surface area contributed by atoms with Crippen LogP contribution in [0.5, 0.6) is 0 Å². The lowest BCUT2D eigenvalue weighted by atomic mass is 10.0. The van der Waals surface area contributed by atoms with Crippen LogP contribution >= 0.6 is 0 Å². The predicted molar refractivity (Wildman–Crippen MR) is 80.6 cm³/mol. The van der Waals surface area contributed by atoms with E-state index in [0.29, 0.717) is 0 Å². The van der Waals surface area contributed by atoms with Crippen LogP contribution in [0.15, 0.2) is 54.6 Å². The van der Waals surface area contributed by atoms with Gasteiger partial charge in [-0.15, -0.1) is 0 Å². The number of fused-ring (bicyclic) bond motifs is 1. The third kappa shape index (κ3) is 2.16. The van der Waals surface area contributed by atoms with Gasteiger partial charge < -0.3 is 10.2 Å². The van der Waals surface area contributed by atoms with Gasteiger partial charge >= 0.3 is 0 Å². The quantitative estimate of drug-likeness (QED) is 0.919. The molecule has 1 atom stereocenters. The Bertz CT molecular complexity index is 609. The van der Waals surface area contributed by atoms with Crippen LogP contribution in [0.3, 0.4) is 0 Å². The zero-order valence-corrected chi connectivity index (χ0v) is 11.5. The molecule has 0 bridgehead atoms. The number of carbonyl (C=O) groups excluding carboxylic acids is 1. The second kappa shape index (κ2) is 5.37. The van der Waals surface area contributed by atoms with Gasteiger partial charge in [0.1, 0.15) is 6.17 Å². The van der Waals surface area contributed by atoms with Crippen molar-refractivity contribution in [2.45, 2.75) is 19.5 Å². The molecular formula is C17H18N2O. The number of anilines is 1. The fraction of sp³-hybridized carbons (Fsp3) is 0.235. The first-order valence-electron chi connectivity index (χ1n) is 7.02. The fourth-order valence-corrected chi connectivity index (χ4v) is 2.66. The molecule has 0 saturated carbocycles. The minimum atomic E-state index is -0.0847. The van der Waals surface area contributed by atoms with Crippen LogP contribution in [0.4, 0.5) is 5.69 Å². The monoisotopic (exact) mass is 266 g/mol. The Morgan fingerprint density at radius 2 is 1.75 bits per heavy atom. The van der Waals surface area contributed by atoms with E-state index in [2.05, 4.69) is 24.4 Å². The van der Waals surface area contributed by atoms with E-state index < -0.39 is 0 Å². The number of rotatable bonds is 3. The van der Waals surface area contributed by atoms with Crippen LogP contribution < -0.4 is 5.32 Å². The van der Waals surface area contributed by atoms with Gasteiger partial charge in [0.2, 0.25) is 0 Å². The number of hydrogen-bond donors (Lipinski definition) is 1. The molecule has 20 heavy (non-hydrogen) atoms. The molecule has 1 aliphatic rings. The Morgan fingerprint density at radius 1 is 1.05 bits per heavy atom. The van der Waals surface area contributed by atoms with Crippen LogP contribution in [0.1, 0.15) is 35.4 Å². The molecule has 3 nitrogen and oxygen atoms in total. The SMILES string of the molecule is CCCN1C(=O)c2ccccc2N[C@@H]1c1ccccc1. The van der Waals surface area contributed by atoms with Crippen LogP contribution in [0.25, 0.3) is 0 Å². The molecule has 0 aliphatic carbocycles. The number of nitrogens with zero attached hydrogens (tertiary/aromatic N) is 1. The van der Waals surface area contributed by atoms with E-state index in [1.165, 1.54) is 0 Å². The maximum atomic E-state index is 12.7. The van der Waals surface area contributed by atoms with Crippen LogP contribution in [0, 0.1) is 0 Å². The number of hydrogen-bond acceptors (Lipinski definition) is 2. The van der Waals surface area contributed by atoms with E-state index in [0.717, 1.165) is 29.8 Å². The third-order valence-electron chi connectivity index (χ3n) is 3.60. The van der Waals surface area contributed by atoms with E-state index in [-0.39, 0.29) is 12.1 Å². The fourth-order valence-electron chi connectivity index (χ4n) is 2.66. The minimum Gasteiger partial charge on any atom is -0.361 e. The molecule has 2 aromatic carbocycles. The average Bonchev–Trinajstić information content (AvgIpc) is 2.51. The largest absolute Gasteiger partial charge is 0.361 e. The summed E-state index contributed by atoms with van der Waals surface area (Å²) in [5.74, 6) is 0.107. The summed E-state index contributed by atoms with van der Waals surface area (Å²) in [5.41, 5.74) is 2.79. The highest BCUT2D eigenvalue weighted by atomic mass is 16.2. The van der Waals surface area contributed by atoms with E-state index in [1.54, 1.807) is 0 Å². The lowest BCUT2D eigenvalue weighted by Crippen LogP contribution is -2.43. The Kier molecular flexibility index (Phi) is 3.42. The van der Waals surface area contributed by atoms with Gasteiger partial charge in [0.25, 0.3) is 5.91 Å². The molecule has 1 N–H and O–H groups in total. The Balaban J connectivity index is 2.03. The van der Waals surface area contributed by atoms with Crippen molar-refractivity contribution in [3.05, 3.63) is 65.7 Å². The lowest BCUT2D eigenvalue weighted by Gasteiger charge is -2.38. The van der Waals surface area contributed by atoms with E-state index >= 15 is 0 Å². The third-order valence-corrected chi connectivity index (χ3v) is 3.60. The first-order valence-corrected chi connectivity index (χ1v) is 7.02. The maximum absolute atomic E-state index is 12.7. The van der Waals surface area contributed by atoms with Gasteiger partial charge in [0, 0.05) is 12.2 Å². The maximum Gasteiger partial charge on any atom is 0.257 e. The van der Waals surface area contributed by atoms with Crippen LogP contribution in [-0.2, 0) is 0 Å². The highest BCUT2D eigenvalue weighted by Crippen LogP contribution is 2.32. The van der Waals surface area contributed by atoms with Crippen LogP contribution in [0.2, 0.25) is 0 Å². The molecule has 3 heteroatoms. The van der Waals surface area contributed by atoms with Crippen molar-refractivity contribution in [2.24, 2.45) is 0 Å². The van der Waals surface area contributed by atoms with Crippen LogP contribution in [-0.4, -0.2) is 17.4 Å². The second-order valence-corrected chi connectivity index (χ2v) is 5.00. The highest BCUT2D eigenvalue weighted by molar-refractivity contribution is 6.01. The molecule has 1 amide bonds. The van der Waals surface area contributed by atoms with Gasteiger partial charge in [0.05, 0.1) is 5.56 Å². The van der Waals surface area contributed by atoms with Crippen molar-refractivity contribution < 1.29 is 4.79 Å². The van der Waals surface area contributed by atoms with Gasteiger partial charge in [-0.25, -0.2) is 0 Å². The summed E-state index contributed by atoms with van der Waals surface area (Å²) in [4.78, 5) is 14.6. The summed E-state index contributed by atoms with van der Waals surface area (Å²) in [6.07, 6.45) is 0.859. The van der Waals surface area contributed by atoms with Gasteiger partial charge in [0.15, 0.2) is 0 Å². The van der Waals surface area contributed by atoms with Crippen molar-refractivity contribution in [1.82, 2.24) is 4.90 Å². The van der Waals surface area contributed by atoms with Crippen molar-refractivity contribution in [2.75, 3.05) is 11.9 Å². The van der Waals surface area contributed by atoms with Crippen molar-refractivity contribution in [3.8, 4) is 0 Å². The molecule has 0 aromatic heterocycles. The summed E-state index contributed by atoms with van der Waals surface area (Å²) in [6, 6.07) is 17.8. The van der Waals surface area contributed by atoms with Crippen molar-refractivity contribution >= 4 is 11.6 Å². The Hall–Kier alpha value is -2.29. The summed E-state index contributed by atoms with van der Waals surface area (Å²) < 4.78 is 0. The second-order valence-electron chi connectivity index (χ2n) is 5.00. The highest BCUT2D eigenvalue weighted by Gasteiger charge is 2.31. The van der Waals surface area contributed by atoms with Gasteiger partial charge in [-0.2, -0.15) is 0 Å². The van der Waals surface area contributed by atoms with E-state index in [1.807, 2.05) is 47.4 Å². The van der Waals surface area contributed by atoms with Gasteiger partial charge in [-0.3, -0.25) is 4.79 Å². The van der Waals surface area contributed by atoms with Gasteiger partial charge in [-0.05, 0) is 24.1 Å². The molecule has 1 heterocycles. The summed E-state index contributed by atoms with van der Waals surface area (Å²) >= 11 is 0. The molecule has 0 unspecified atom stereocenters. The Labute approximate surface area is 119 Å². The molecule has 0 fully saturated rings. The number of amides is 1. The van der Waals surface area contributed by atoms with Crippen molar-refractivity contribution in [1.29, 1.82) is 0 Å². The van der Waals surface area contributed by atoms with E-state index in [4.69, 9.17) is 0 Å². The number of para-hydroxylation sites is 1. The normalized spacial score (nSPS) is 17.6. The summed E-state index contributed by atoms with van der Waals surface area (Å²) in [5, 5.41) is 3.48. The smallest absolute Gasteiger partial charge is 0.257 e. The molecule has 1 aliphatic heterocycles. The molecule has 0 radical (unpaired) electrons. The zero-order valence-electron chi connectivity index (χ0n) is 11.5. The molecule has 0 spiro atoms. The van der Waals surface area contributed by atoms with Crippen molar-refractivity contribution in [3.63, 3.8) is 0 Å². The first-order chi connectivity index (χ1) is 9.81. The number of carbonyl (C=O) groups is 1. The molecule has 3 rings (SSSR count). The number of nitrogens with one attached hydrogen (secondary N) is 1.